The molecule has 0 amide bonds. The number of carboxylic acids is 1. The van der Waals surface area contributed by atoms with Crippen LogP contribution in [0, 0.1) is 0 Å². The fourth-order valence-electron chi connectivity index (χ4n) is 1.90. The van der Waals surface area contributed by atoms with Gasteiger partial charge in [0.1, 0.15) is 30.1 Å². The molecule has 0 atom stereocenters. The zero-order valence-electron chi connectivity index (χ0n) is 11.0. The van der Waals surface area contributed by atoms with Gasteiger partial charge < -0.3 is 10.0 Å². The van der Waals surface area contributed by atoms with Crippen LogP contribution < -0.4 is 4.90 Å². The summed E-state index contributed by atoms with van der Waals surface area (Å²) < 4.78 is 37.9. The van der Waals surface area contributed by atoms with Crippen LogP contribution >= 0.6 is 11.3 Å². The Balaban J connectivity index is 2.47. The summed E-state index contributed by atoms with van der Waals surface area (Å²) in [5.74, 6) is -1.35. The standard InChI is InChI=1S/C12H12F3N3O2S/c1-2-7-3-8-10(16-6-17-11(8)21-7)18(4-9(19)20)5-12(13,14)15/h3,6H,2,4-5H2,1H3,(H,19,20). The van der Waals surface area contributed by atoms with Gasteiger partial charge in [-0.15, -0.1) is 11.3 Å². The number of fused-ring (bicyclic) bond motifs is 1. The Bertz CT molecular complexity index is 657. The molecule has 0 bridgehead atoms. The maximum Gasteiger partial charge on any atom is 0.405 e. The summed E-state index contributed by atoms with van der Waals surface area (Å²) in [5, 5.41) is 9.26. The molecule has 2 aromatic heterocycles. The first kappa shape index (κ1) is 15.5. The van der Waals surface area contributed by atoms with Gasteiger partial charge in [-0.25, -0.2) is 9.97 Å². The van der Waals surface area contributed by atoms with Gasteiger partial charge in [-0.1, -0.05) is 6.92 Å². The molecule has 0 fully saturated rings. The summed E-state index contributed by atoms with van der Waals surface area (Å²) >= 11 is 1.36. The van der Waals surface area contributed by atoms with Crippen LogP contribution in [0.25, 0.3) is 10.2 Å². The van der Waals surface area contributed by atoms with Crippen LogP contribution in [-0.2, 0) is 11.2 Å². The fourth-order valence-corrected chi connectivity index (χ4v) is 2.83. The van der Waals surface area contributed by atoms with Crippen molar-refractivity contribution >= 4 is 33.3 Å². The van der Waals surface area contributed by atoms with E-state index in [-0.39, 0.29) is 5.82 Å². The van der Waals surface area contributed by atoms with Gasteiger partial charge in [0.25, 0.3) is 0 Å². The van der Waals surface area contributed by atoms with Gasteiger partial charge in [-0.2, -0.15) is 13.2 Å². The number of aromatic nitrogens is 2. The van der Waals surface area contributed by atoms with Gasteiger partial charge in [0, 0.05) is 4.88 Å². The Labute approximate surface area is 122 Å². The van der Waals surface area contributed by atoms with Crippen molar-refractivity contribution < 1.29 is 23.1 Å². The van der Waals surface area contributed by atoms with E-state index in [0.717, 1.165) is 17.6 Å². The maximum atomic E-state index is 12.6. The van der Waals surface area contributed by atoms with Crippen molar-refractivity contribution in [3.8, 4) is 0 Å². The number of aryl methyl sites for hydroxylation is 1. The van der Waals surface area contributed by atoms with E-state index in [1.54, 1.807) is 6.07 Å². The lowest BCUT2D eigenvalue weighted by Crippen LogP contribution is -2.38. The topological polar surface area (TPSA) is 66.3 Å². The van der Waals surface area contributed by atoms with E-state index >= 15 is 0 Å². The molecular formula is C12H12F3N3O2S. The molecule has 0 saturated carbocycles. The Morgan fingerprint density at radius 1 is 1.43 bits per heavy atom. The van der Waals surface area contributed by atoms with Crippen molar-refractivity contribution in [3.05, 3.63) is 17.3 Å². The number of carbonyl (C=O) groups is 1. The highest BCUT2D eigenvalue weighted by atomic mass is 32.1. The Morgan fingerprint density at radius 2 is 2.14 bits per heavy atom. The van der Waals surface area contributed by atoms with E-state index in [0.29, 0.717) is 15.1 Å². The molecule has 0 aliphatic heterocycles. The van der Waals surface area contributed by atoms with Gasteiger partial charge in [0.05, 0.1) is 5.39 Å². The number of rotatable bonds is 5. The van der Waals surface area contributed by atoms with Crippen molar-refractivity contribution in [2.24, 2.45) is 0 Å². The number of alkyl halides is 3. The molecule has 21 heavy (non-hydrogen) atoms. The number of aliphatic carboxylic acids is 1. The molecule has 0 unspecified atom stereocenters. The number of anilines is 1. The minimum Gasteiger partial charge on any atom is -0.480 e. The molecule has 2 rings (SSSR count). The van der Waals surface area contributed by atoms with E-state index in [1.807, 2.05) is 6.92 Å². The first-order valence-corrected chi connectivity index (χ1v) is 6.88. The monoisotopic (exact) mass is 319 g/mol. The van der Waals surface area contributed by atoms with Crippen molar-refractivity contribution in [1.82, 2.24) is 9.97 Å². The minimum atomic E-state index is -4.52. The summed E-state index contributed by atoms with van der Waals surface area (Å²) in [6, 6.07) is 1.71. The summed E-state index contributed by atoms with van der Waals surface area (Å²) in [5.41, 5.74) is 0. The Kier molecular flexibility index (Phi) is 4.31. The summed E-state index contributed by atoms with van der Waals surface area (Å²) in [6.45, 7) is -0.228. The predicted octanol–water partition coefficient (Wildman–Crippen LogP) is 2.71. The van der Waals surface area contributed by atoms with Gasteiger partial charge in [-0.3, -0.25) is 4.79 Å². The van der Waals surface area contributed by atoms with E-state index in [1.165, 1.54) is 11.3 Å². The quantitative estimate of drug-likeness (QED) is 0.918. The maximum absolute atomic E-state index is 12.6. The van der Waals surface area contributed by atoms with Gasteiger partial charge in [-0.05, 0) is 12.5 Å². The highest BCUT2D eigenvalue weighted by Gasteiger charge is 2.33. The average Bonchev–Trinajstić information content (AvgIpc) is 2.78. The molecule has 0 spiro atoms. The molecule has 114 valence electrons. The third kappa shape index (κ3) is 3.81. The first-order valence-electron chi connectivity index (χ1n) is 6.07. The third-order valence-electron chi connectivity index (χ3n) is 2.70. The second-order valence-corrected chi connectivity index (χ2v) is 5.46. The second-order valence-electron chi connectivity index (χ2n) is 4.35. The highest BCUT2D eigenvalue weighted by molar-refractivity contribution is 7.18. The molecule has 2 aromatic rings. The smallest absolute Gasteiger partial charge is 0.405 e. The third-order valence-corrected chi connectivity index (χ3v) is 3.89. The summed E-state index contributed by atoms with van der Waals surface area (Å²) in [7, 11) is 0. The number of hydrogen-bond acceptors (Lipinski definition) is 5. The fraction of sp³-hybridized carbons (Fsp3) is 0.417. The number of nitrogens with zero attached hydrogens (tertiary/aromatic N) is 3. The van der Waals surface area contributed by atoms with Crippen molar-refractivity contribution in [2.45, 2.75) is 19.5 Å². The van der Waals surface area contributed by atoms with E-state index in [4.69, 9.17) is 5.11 Å². The molecular weight excluding hydrogens is 307 g/mol. The lowest BCUT2D eigenvalue weighted by atomic mass is 10.3. The Hall–Kier alpha value is -1.90. The molecule has 5 nitrogen and oxygen atoms in total. The molecule has 0 radical (unpaired) electrons. The average molecular weight is 319 g/mol. The van der Waals surface area contributed by atoms with Crippen LogP contribution in [0.3, 0.4) is 0 Å². The van der Waals surface area contributed by atoms with Crippen LogP contribution in [0.1, 0.15) is 11.8 Å². The molecule has 0 aromatic carbocycles. The molecule has 9 heteroatoms. The molecule has 1 N–H and O–H groups in total. The van der Waals surface area contributed by atoms with Crippen molar-refractivity contribution in [3.63, 3.8) is 0 Å². The van der Waals surface area contributed by atoms with E-state index in [9.17, 15) is 18.0 Å². The Morgan fingerprint density at radius 3 is 2.71 bits per heavy atom. The lowest BCUT2D eigenvalue weighted by molar-refractivity contribution is -0.136. The van der Waals surface area contributed by atoms with Crippen molar-refractivity contribution in [1.29, 1.82) is 0 Å². The minimum absolute atomic E-state index is 0.00400. The largest absolute Gasteiger partial charge is 0.480 e. The number of hydrogen-bond donors (Lipinski definition) is 1. The number of thiophene rings is 1. The summed E-state index contributed by atoms with van der Waals surface area (Å²) in [4.78, 5) is 20.9. The van der Waals surface area contributed by atoms with Crippen LogP contribution in [0.2, 0.25) is 0 Å². The van der Waals surface area contributed by atoms with Crippen molar-refractivity contribution in [2.75, 3.05) is 18.0 Å². The van der Waals surface area contributed by atoms with Gasteiger partial charge >= 0.3 is 12.1 Å². The zero-order chi connectivity index (χ0) is 15.6. The lowest BCUT2D eigenvalue weighted by Gasteiger charge is -2.23. The van der Waals surface area contributed by atoms with Crippen LogP contribution in [0.4, 0.5) is 19.0 Å². The van der Waals surface area contributed by atoms with E-state index in [2.05, 4.69) is 9.97 Å². The molecule has 2 heterocycles. The normalized spacial score (nSPS) is 11.8. The first-order chi connectivity index (χ1) is 9.80. The van der Waals surface area contributed by atoms with Crippen LogP contribution in [0.5, 0.6) is 0 Å². The van der Waals surface area contributed by atoms with Crippen LogP contribution in [0.15, 0.2) is 12.4 Å². The molecule has 0 saturated heterocycles. The number of carboxylic acid groups (broad SMARTS) is 1. The molecule has 0 aliphatic carbocycles. The van der Waals surface area contributed by atoms with Crippen LogP contribution in [-0.4, -0.2) is 40.3 Å². The van der Waals surface area contributed by atoms with Gasteiger partial charge in [0.15, 0.2) is 0 Å². The SMILES string of the molecule is CCc1cc2c(N(CC(=O)O)CC(F)(F)F)ncnc2s1. The molecule has 0 aliphatic rings. The highest BCUT2D eigenvalue weighted by Crippen LogP contribution is 2.31. The van der Waals surface area contributed by atoms with E-state index < -0.39 is 25.2 Å². The summed E-state index contributed by atoms with van der Waals surface area (Å²) in [6.07, 6.45) is -2.65. The zero-order valence-corrected chi connectivity index (χ0v) is 11.8. The second kappa shape index (κ2) is 5.84. The number of halogens is 3. The predicted molar refractivity (Wildman–Crippen MR) is 72.7 cm³/mol. The van der Waals surface area contributed by atoms with Gasteiger partial charge in [0.2, 0.25) is 0 Å².